The molecule has 2 heterocycles. The average molecular weight is 432 g/mol. The predicted molar refractivity (Wildman–Crippen MR) is 120 cm³/mol. The van der Waals surface area contributed by atoms with Crippen molar-refractivity contribution < 1.29 is 24.2 Å². The monoisotopic (exact) mass is 432 g/mol. The molecule has 7 heteroatoms. The maximum absolute atomic E-state index is 13.1. The number of fused-ring (bicyclic) bond motifs is 1. The standard InChI is InChI=1S/C25H24N2O5/c1-3-4-12-27-22(16-8-7-9-17(13-16)32-15(2)28)21(24(30)25(27)31)23(29)19-14-26-20-11-6-5-10-18(19)20/h5-11,13-14,22,26,29H,3-4,12H2,1-2H3/b23-21-. The van der Waals surface area contributed by atoms with Crippen LogP contribution in [0, 0.1) is 0 Å². The van der Waals surface area contributed by atoms with Crippen LogP contribution in [-0.2, 0) is 14.4 Å². The molecule has 0 aliphatic carbocycles. The second kappa shape index (κ2) is 8.70. The largest absolute Gasteiger partial charge is 0.507 e. The number of rotatable bonds is 6. The minimum Gasteiger partial charge on any atom is -0.507 e. The lowest BCUT2D eigenvalue weighted by molar-refractivity contribution is -0.139. The molecule has 0 saturated carbocycles. The van der Waals surface area contributed by atoms with Crippen LogP contribution >= 0.6 is 0 Å². The van der Waals surface area contributed by atoms with Gasteiger partial charge in [0.1, 0.15) is 11.5 Å². The number of carbonyl (C=O) groups is 3. The Morgan fingerprint density at radius 2 is 1.94 bits per heavy atom. The third kappa shape index (κ3) is 3.77. The molecule has 1 atom stereocenters. The van der Waals surface area contributed by atoms with Crippen LogP contribution < -0.4 is 4.74 Å². The number of ketones is 1. The molecule has 3 aromatic rings. The molecule has 1 aliphatic rings. The van der Waals surface area contributed by atoms with Gasteiger partial charge in [-0.25, -0.2) is 0 Å². The summed E-state index contributed by atoms with van der Waals surface area (Å²) in [7, 11) is 0. The zero-order chi connectivity index (χ0) is 22.8. The molecule has 164 valence electrons. The van der Waals surface area contributed by atoms with Crippen LogP contribution in [0.4, 0.5) is 0 Å². The predicted octanol–water partition coefficient (Wildman–Crippen LogP) is 4.32. The van der Waals surface area contributed by atoms with Crippen LogP contribution in [-0.4, -0.2) is 39.2 Å². The first-order valence-corrected chi connectivity index (χ1v) is 10.6. The molecular formula is C25H24N2O5. The Balaban J connectivity index is 1.89. The van der Waals surface area contributed by atoms with E-state index in [1.54, 1.807) is 30.5 Å². The molecule has 1 aliphatic heterocycles. The molecule has 7 nitrogen and oxygen atoms in total. The zero-order valence-corrected chi connectivity index (χ0v) is 17.9. The fraction of sp³-hybridized carbons (Fsp3) is 0.240. The summed E-state index contributed by atoms with van der Waals surface area (Å²) in [5, 5.41) is 12.0. The molecule has 32 heavy (non-hydrogen) atoms. The van der Waals surface area contributed by atoms with Crippen molar-refractivity contribution in [1.29, 1.82) is 0 Å². The Bertz CT molecular complexity index is 1240. The highest BCUT2D eigenvalue weighted by Crippen LogP contribution is 2.41. The summed E-state index contributed by atoms with van der Waals surface area (Å²) < 4.78 is 5.20. The van der Waals surface area contributed by atoms with Gasteiger partial charge >= 0.3 is 5.97 Å². The maximum Gasteiger partial charge on any atom is 0.308 e. The average Bonchev–Trinajstić information content (AvgIpc) is 3.31. The van der Waals surface area contributed by atoms with Gasteiger partial charge in [-0.15, -0.1) is 0 Å². The van der Waals surface area contributed by atoms with Gasteiger partial charge in [0.25, 0.3) is 11.7 Å². The summed E-state index contributed by atoms with van der Waals surface area (Å²) in [6.07, 6.45) is 3.18. The number of likely N-dealkylation sites (tertiary alicyclic amines) is 1. The minimum atomic E-state index is -0.786. The summed E-state index contributed by atoms with van der Waals surface area (Å²) >= 11 is 0. The van der Waals surface area contributed by atoms with Gasteiger partial charge in [0.2, 0.25) is 0 Å². The summed E-state index contributed by atoms with van der Waals surface area (Å²) in [4.78, 5) is 42.0. The number of aliphatic hydroxyl groups is 1. The fourth-order valence-electron chi connectivity index (χ4n) is 4.11. The third-order valence-electron chi connectivity index (χ3n) is 5.57. The van der Waals surface area contributed by atoms with Gasteiger partial charge in [-0.3, -0.25) is 14.4 Å². The summed E-state index contributed by atoms with van der Waals surface area (Å²) in [5.41, 5.74) is 1.87. The molecular weight excluding hydrogens is 408 g/mol. The minimum absolute atomic E-state index is 0.0239. The van der Waals surface area contributed by atoms with Crippen molar-refractivity contribution in [2.75, 3.05) is 6.54 Å². The summed E-state index contributed by atoms with van der Waals surface area (Å²) in [5.74, 6) is -1.78. The van der Waals surface area contributed by atoms with Crippen molar-refractivity contribution in [3.05, 3.63) is 71.4 Å². The number of H-pyrrole nitrogens is 1. The van der Waals surface area contributed by atoms with Crippen LogP contribution in [0.2, 0.25) is 0 Å². The van der Waals surface area contributed by atoms with E-state index in [0.29, 0.717) is 29.8 Å². The summed E-state index contributed by atoms with van der Waals surface area (Å²) in [6.45, 7) is 3.67. The van der Waals surface area contributed by atoms with E-state index in [4.69, 9.17) is 4.74 Å². The second-order valence-corrected chi connectivity index (χ2v) is 7.76. The van der Waals surface area contributed by atoms with E-state index in [2.05, 4.69) is 4.98 Å². The number of unbranched alkanes of at least 4 members (excludes halogenated alkanes) is 1. The molecule has 0 radical (unpaired) electrons. The van der Waals surface area contributed by atoms with Crippen LogP contribution in [0.1, 0.15) is 43.9 Å². The van der Waals surface area contributed by atoms with E-state index >= 15 is 0 Å². The van der Waals surface area contributed by atoms with E-state index in [0.717, 1.165) is 17.3 Å². The molecule has 0 spiro atoms. The lowest BCUT2D eigenvalue weighted by Gasteiger charge is -2.25. The molecule has 2 aromatic carbocycles. The number of aliphatic hydroxyl groups excluding tert-OH is 1. The Kier molecular flexibility index (Phi) is 5.81. The normalized spacial score (nSPS) is 17.8. The number of benzene rings is 2. The van der Waals surface area contributed by atoms with Crippen LogP contribution in [0.15, 0.2) is 60.3 Å². The lowest BCUT2D eigenvalue weighted by atomic mass is 9.95. The van der Waals surface area contributed by atoms with E-state index in [9.17, 15) is 19.5 Å². The first kappa shape index (κ1) is 21.4. The first-order valence-electron chi connectivity index (χ1n) is 10.6. The van der Waals surface area contributed by atoms with Crippen molar-refractivity contribution in [2.24, 2.45) is 0 Å². The topological polar surface area (TPSA) is 99.7 Å². The second-order valence-electron chi connectivity index (χ2n) is 7.76. The van der Waals surface area contributed by atoms with Crippen molar-refractivity contribution in [2.45, 2.75) is 32.7 Å². The maximum atomic E-state index is 13.1. The number of nitrogens with one attached hydrogen (secondary N) is 1. The number of Topliss-reactive ketones (excluding diaryl/α,β-unsaturated/α-hetero) is 1. The summed E-state index contributed by atoms with van der Waals surface area (Å²) in [6, 6.07) is 13.3. The molecule has 1 saturated heterocycles. The highest BCUT2D eigenvalue weighted by Gasteiger charge is 2.46. The number of esters is 1. The van der Waals surface area contributed by atoms with Crippen LogP contribution in [0.5, 0.6) is 5.75 Å². The quantitative estimate of drug-likeness (QED) is 0.199. The molecule has 1 amide bonds. The van der Waals surface area contributed by atoms with Crippen molar-refractivity contribution in [3.8, 4) is 5.75 Å². The molecule has 1 unspecified atom stereocenters. The number of ether oxygens (including phenoxy) is 1. The van der Waals surface area contributed by atoms with Crippen molar-refractivity contribution in [1.82, 2.24) is 9.88 Å². The number of para-hydroxylation sites is 1. The third-order valence-corrected chi connectivity index (χ3v) is 5.57. The lowest BCUT2D eigenvalue weighted by Crippen LogP contribution is -2.30. The number of carbonyl (C=O) groups excluding carboxylic acids is 3. The Morgan fingerprint density at radius 3 is 2.69 bits per heavy atom. The fourth-order valence-corrected chi connectivity index (χ4v) is 4.11. The van der Waals surface area contributed by atoms with Crippen molar-refractivity contribution in [3.63, 3.8) is 0 Å². The number of hydrogen-bond acceptors (Lipinski definition) is 5. The van der Waals surface area contributed by atoms with E-state index in [1.165, 1.54) is 11.8 Å². The van der Waals surface area contributed by atoms with Gasteiger partial charge in [0.05, 0.1) is 11.6 Å². The molecule has 0 bridgehead atoms. The Hall–Kier alpha value is -3.87. The number of amides is 1. The molecule has 4 rings (SSSR count). The Morgan fingerprint density at radius 1 is 1.16 bits per heavy atom. The van der Waals surface area contributed by atoms with Gasteiger partial charge < -0.3 is 19.7 Å². The van der Waals surface area contributed by atoms with Gasteiger partial charge in [-0.05, 0) is 30.2 Å². The van der Waals surface area contributed by atoms with E-state index in [-0.39, 0.29) is 11.3 Å². The molecule has 1 aromatic heterocycles. The zero-order valence-electron chi connectivity index (χ0n) is 17.9. The van der Waals surface area contributed by atoms with E-state index < -0.39 is 23.7 Å². The van der Waals surface area contributed by atoms with Gasteiger partial charge in [0, 0.05) is 36.1 Å². The van der Waals surface area contributed by atoms with E-state index in [1.807, 2.05) is 31.2 Å². The highest BCUT2D eigenvalue weighted by molar-refractivity contribution is 6.46. The van der Waals surface area contributed by atoms with Gasteiger partial charge in [-0.2, -0.15) is 0 Å². The number of hydrogen-bond donors (Lipinski definition) is 2. The molecule has 1 fully saturated rings. The Labute approximate surface area is 185 Å². The van der Waals surface area contributed by atoms with Gasteiger partial charge in [0.15, 0.2) is 0 Å². The van der Waals surface area contributed by atoms with Crippen LogP contribution in [0.25, 0.3) is 16.7 Å². The van der Waals surface area contributed by atoms with Crippen LogP contribution in [0.3, 0.4) is 0 Å². The number of aromatic amines is 1. The van der Waals surface area contributed by atoms with Crippen molar-refractivity contribution >= 4 is 34.3 Å². The number of aromatic nitrogens is 1. The smallest absolute Gasteiger partial charge is 0.308 e. The first-order chi connectivity index (χ1) is 15.4. The highest BCUT2D eigenvalue weighted by atomic mass is 16.5. The SMILES string of the molecule is CCCCN1C(=O)C(=O)/C(=C(\O)c2c[nH]c3ccccc23)C1c1cccc(OC(C)=O)c1. The number of nitrogens with zero attached hydrogens (tertiary/aromatic N) is 1. The van der Waals surface area contributed by atoms with Gasteiger partial charge in [-0.1, -0.05) is 43.7 Å². The molecule has 2 N–H and O–H groups in total.